The summed E-state index contributed by atoms with van der Waals surface area (Å²) >= 11 is 0. The van der Waals surface area contributed by atoms with Gasteiger partial charge in [-0.05, 0) is 42.3 Å². The van der Waals surface area contributed by atoms with Crippen molar-refractivity contribution in [3.8, 4) is 22.8 Å². The zero-order chi connectivity index (χ0) is 22.2. The zero-order valence-electron chi connectivity index (χ0n) is 17.3. The molecule has 0 bridgehead atoms. The molecule has 0 aliphatic carbocycles. The van der Waals surface area contributed by atoms with Gasteiger partial charge in [0.1, 0.15) is 17.1 Å². The van der Waals surface area contributed by atoms with Crippen molar-refractivity contribution >= 4 is 21.9 Å². The molecule has 32 heavy (non-hydrogen) atoms. The van der Waals surface area contributed by atoms with Gasteiger partial charge in [-0.15, -0.1) is 0 Å². The van der Waals surface area contributed by atoms with Gasteiger partial charge < -0.3 is 14.8 Å². The first-order valence-electron chi connectivity index (χ1n) is 10.1. The number of hydrogen-bond donors (Lipinski definition) is 3. The van der Waals surface area contributed by atoms with E-state index in [1.807, 2.05) is 30.5 Å². The van der Waals surface area contributed by atoms with Crippen LogP contribution in [0.25, 0.3) is 33.2 Å². The summed E-state index contributed by atoms with van der Waals surface area (Å²) in [6, 6.07) is 16.1. The molecule has 5 rings (SSSR count). The summed E-state index contributed by atoms with van der Waals surface area (Å²) < 4.78 is 6.59. The predicted molar refractivity (Wildman–Crippen MR) is 122 cm³/mol. The summed E-state index contributed by atoms with van der Waals surface area (Å²) in [7, 11) is 1.52. The van der Waals surface area contributed by atoms with Crippen LogP contribution in [0, 0.1) is 0 Å². The number of benzene rings is 2. The summed E-state index contributed by atoms with van der Waals surface area (Å²) in [4.78, 5) is 35.2. The van der Waals surface area contributed by atoms with Crippen molar-refractivity contribution in [3.63, 3.8) is 0 Å². The highest BCUT2D eigenvalue weighted by Gasteiger charge is 2.14. The maximum atomic E-state index is 12.7. The number of para-hydroxylation sites is 1. The van der Waals surface area contributed by atoms with Gasteiger partial charge in [-0.25, -0.2) is 9.78 Å². The number of aromatic amines is 2. The van der Waals surface area contributed by atoms with Crippen molar-refractivity contribution in [2.45, 2.75) is 13.0 Å². The second-order valence-electron chi connectivity index (χ2n) is 7.47. The average Bonchev–Trinajstić information content (AvgIpc) is 3.21. The van der Waals surface area contributed by atoms with E-state index in [4.69, 9.17) is 4.74 Å². The lowest BCUT2D eigenvalue weighted by Gasteiger charge is -2.11. The molecule has 0 fully saturated rings. The minimum atomic E-state index is -0.522. The van der Waals surface area contributed by atoms with Crippen LogP contribution >= 0.6 is 0 Å². The monoisotopic (exact) mass is 428 g/mol. The molecule has 3 aromatic heterocycles. The topological polar surface area (TPSA) is 113 Å². The molecular formula is C24H20N4O4. The van der Waals surface area contributed by atoms with Crippen LogP contribution in [0.5, 0.6) is 11.5 Å². The number of aromatic nitrogens is 4. The number of fused-ring (bicyclic) bond motifs is 2. The lowest BCUT2D eigenvalue weighted by Crippen LogP contribution is -2.31. The number of phenols is 1. The minimum absolute atomic E-state index is 0.00581. The smallest absolute Gasteiger partial charge is 0.330 e. The molecule has 3 N–H and O–H groups in total. The number of methoxy groups -OCH3 is 1. The van der Waals surface area contributed by atoms with Crippen molar-refractivity contribution in [2.75, 3.05) is 7.11 Å². The number of pyridine rings is 1. The van der Waals surface area contributed by atoms with E-state index < -0.39 is 11.2 Å². The van der Waals surface area contributed by atoms with Gasteiger partial charge in [0, 0.05) is 35.3 Å². The first kappa shape index (κ1) is 19.6. The number of aryl methyl sites for hydroxylation is 2. The highest BCUT2D eigenvalue weighted by atomic mass is 16.5. The SMILES string of the molecule is COc1ccc(-c2ccc3c(=O)[nH]c(=O)n(CCc4c[nH]c5ccccc45)c3n2)c(O)c1. The number of aromatic hydroxyl groups is 1. The zero-order valence-corrected chi connectivity index (χ0v) is 17.3. The lowest BCUT2D eigenvalue weighted by atomic mass is 10.1. The number of hydrogen-bond acceptors (Lipinski definition) is 5. The van der Waals surface area contributed by atoms with Crippen LogP contribution in [0.2, 0.25) is 0 Å². The minimum Gasteiger partial charge on any atom is -0.507 e. The van der Waals surface area contributed by atoms with Gasteiger partial charge in [0.15, 0.2) is 0 Å². The van der Waals surface area contributed by atoms with Crippen LogP contribution < -0.4 is 16.0 Å². The van der Waals surface area contributed by atoms with Gasteiger partial charge in [0.25, 0.3) is 5.56 Å². The van der Waals surface area contributed by atoms with Crippen LogP contribution in [0.4, 0.5) is 0 Å². The highest BCUT2D eigenvalue weighted by Crippen LogP contribution is 2.31. The fourth-order valence-electron chi connectivity index (χ4n) is 3.94. The third kappa shape index (κ3) is 3.31. The van der Waals surface area contributed by atoms with Crippen LogP contribution in [-0.2, 0) is 13.0 Å². The summed E-state index contributed by atoms with van der Waals surface area (Å²) in [5.74, 6) is 0.507. The molecule has 5 aromatic rings. The summed E-state index contributed by atoms with van der Waals surface area (Å²) in [6.45, 7) is 0.332. The predicted octanol–water partition coefficient (Wildman–Crippen LogP) is 3.19. The standard InChI is InChI=1S/C24H20N4O4/c1-32-15-6-7-17(21(29)12-15)20-9-8-18-22(26-20)28(24(31)27-23(18)30)11-10-14-13-25-19-5-3-2-4-16(14)19/h2-9,12-13,25,29H,10-11H2,1H3,(H,27,30,31). The Bertz CT molecular complexity index is 1580. The van der Waals surface area contributed by atoms with Crippen LogP contribution in [0.1, 0.15) is 5.56 Å². The molecule has 0 unspecified atom stereocenters. The summed E-state index contributed by atoms with van der Waals surface area (Å²) in [5, 5.41) is 11.8. The number of ether oxygens (including phenoxy) is 1. The second-order valence-corrected chi connectivity index (χ2v) is 7.47. The van der Waals surface area contributed by atoms with E-state index >= 15 is 0 Å². The average molecular weight is 428 g/mol. The quantitative estimate of drug-likeness (QED) is 0.398. The molecule has 3 heterocycles. The van der Waals surface area contributed by atoms with Crippen molar-refractivity contribution in [3.05, 3.63) is 87.2 Å². The van der Waals surface area contributed by atoms with Crippen LogP contribution in [-0.4, -0.2) is 31.7 Å². The van der Waals surface area contributed by atoms with Crippen LogP contribution in [0.3, 0.4) is 0 Å². The molecule has 0 aliphatic rings. The van der Waals surface area contributed by atoms with E-state index in [0.717, 1.165) is 16.5 Å². The Hall–Kier alpha value is -4.33. The van der Waals surface area contributed by atoms with Gasteiger partial charge in [0.05, 0.1) is 18.2 Å². The lowest BCUT2D eigenvalue weighted by molar-refractivity contribution is 0.408. The number of rotatable bonds is 5. The number of H-pyrrole nitrogens is 2. The Morgan fingerprint density at radius 3 is 2.72 bits per heavy atom. The maximum Gasteiger partial charge on any atom is 0.330 e. The highest BCUT2D eigenvalue weighted by molar-refractivity contribution is 5.83. The fraction of sp³-hybridized carbons (Fsp3) is 0.125. The van der Waals surface area contributed by atoms with Gasteiger partial charge in [-0.3, -0.25) is 14.3 Å². The molecule has 0 saturated carbocycles. The third-order valence-electron chi connectivity index (χ3n) is 5.60. The molecular weight excluding hydrogens is 408 g/mol. The van der Waals surface area contributed by atoms with Gasteiger partial charge in [-0.2, -0.15) is 0 Å². The van der Waals surface area contributed by atoms with Crippen LogP contribution in [0.15, 0.2) is 70.4 Å². The van der Waals surface area contributed by atoms with Crippen molar-refractivity contribution in [2.24, 2.45) is 0 Å². The first-order valence-corrected chi connectivity index (χ1v) is 10.1. The van der Waals surface area contributed by atoms with Crippen molar-refractivity contribution in [1.82, 2.24) is 19.5 Å². The fourth-order valence-corrected chi connectivity index (χ4v) is 3.94. The number of nitrogens with zero attached hydrogens (tertiary/aromatic N) is 2. The third-order valence-corrected chi connectivity index (χ3v) is 5.60. The van der Waals surface area contributed by atoms with Gasteiger partial charge >= 0.3 is 5.69 Å². The Kier molecular flexibility index (Phi) is 4.74. The Morgan fingerprint density at radius 1 is 1.06 bits per heavy atom. The number of nitrogens with one attached hydrogen (secondary N) is 2. The number of phenolic OH excluding ortho intramolecular Hbond substituents is 1. The molecule has 0 spiro atoms. The Labute approximate surface area is 181 Å². The molecule has 0 radical (unpaired) electrons. The molecule has 8 heteroatoms. The van der Waals surface area contributed by atoms with E-state index in [2.05, 4.69) is 15.0 Å². The first-order chi connectivity index (χ1) is 15.5. The molecule has 0 aliphatic heterocycles. The van der Waals surface area contributed by atoms with Crippen molar-refractivity contribution in [1.29, 1.82) is 0 Å². The molecule has 2 aromatic carbocycles. The van der Waals surface area contributed by atoms with E-state index in [1.165, 1.54) is 17.7 Å². The second kappa shape index (κ2) is 7.73. The van der Waals surface area contributed by atoms with Gasteiger partial charge in [0.2, 0.25) is 0 Å². The normalized spacial score (nSPS) is 11.3. The van der Waals surface area contributed by atoms with Gasteiger partial charge in [-0.1, -0.05) is 18.2 Å². The Morgan fingerprint density at radius 2 is 1.91 bits per heavy atom. The van der Waals surface area contributed by atoms with Crippen molar-refractivity contribution < 1.29 is 9.84 Å². The summed E-state index contributed by atoms with van der Waals surface area (Å²) in [6.07, 6.45) is 2.50. The Balaban J connectivity index is 1.59. The summed E-state index contributed by atoms with van der Waals surface area (Å²) in [5.41, 5.74) is 2.27. The van der Waals surface area contributed by atoms with E-state index in [-0.39, 0.29) is 11.4 Å². The molecule has 8 nitrogen and oxygen atoms in total. The molecule has 160 valence electrons. The molecule has 0 atom stereocenters. The van der Waals surface area contributed by atoms with E-state index in [0.29, 0.717) is 35.4 Å². The molecule has 0 saturated heterocycles. The van der Waals surface area contributed by atoms with E-state index in [1.54, 1.807) is 24.3 Å². The maximum absolute atomic E-state index is 12.7. The largest absolute Gasteiger partial charge is 0.507 e. The van der Waals surface area contributed by atoms with E-state index in [9.17, 15) is 14.7 Å². The molecule has 0 amide bonds.